The number of rotatable bonds is 2. The third-order valence-corrected chi connectivity index (χ3v) is 5.32. The summed E-state index contributed by atoms with van der Waals surface area (Å²) in [4.78, 5) is 14.6. The molecule has 0 saturated carbocycles. The van der Waals surface area contributed by atoms with Crippen LogP contribution in [-0.2, 0) is 13.0 Å². The number of hydrogen-bond acceptors (Lipinski definition) is 3. The fraction of sp³-hybridized carbons (Fsp3) is 0.222. The van der Waals surface area contributed by atoms with Gasteiger partial charge in [-0.1, -0.05) is 35.3 Å². The average Bonchev–Trinajstić information content (AvgIpc) is 3.07. The van der Waals surface area contributed by atoms with Gasteiger partial charge in [0.25, 0.3) is 5.91 Å². The molecule has 0 aliphatic carbocycles. The van der Waals surface area contributed by atoms with Gasteiger partial charge in [-0.05, 0) is 30.8 Å². The Bertz CT molecular complexity index is 900. The Morgan fingerprint density at radius 1 is 1.28 bits per heavy atom. The number of H-pyrrole nitrogens is 1. The van der Waals surface area contributed by atoms with Crippen LogP contribution in [0, 0.1) is 0 Å². The Balaban J connectivity index is 1.59. The highest BCUT2D eigenvalue weighted by atomic mass is 35.5. The molecule has 7 heteroatoms. The summed E-state index contributed by atoms with van der Waals surface area (Å²) in [6.45, 7) is 1.90. The van der Waals surface area contributed by atoms with Gasteiger partial charge in [-0.3, -0.25) is 9.89 Å². The molecule has 4 rings (SSSR count). The normalized spacial score (nSPS) is 16.2. The van der Waals surface area contributed by atoms with E-state index in [4.69, 9.17) is 23.2 Å². The largest absolute Gasteiger partial charge is 0.387 e. The molecule has 2 N–H and O–H groups in total. The van der Waals surface area contributed by atoms with Crippen LogP contribution in [0.2, 0.25) is 10.0 Å². The van der Waals surface area contributed by atoms with Gasteiger partial charge in [0.15, 0.2) is 0 Å². The maximum absolute atomic E-state index is 12.8. The zero-order valence-electron chi connectivity index (χ0n) is 13.4. The van der Waals surface area contributed by atoms with Gasteiger partial charge in [0.2, 0.25) is 0 Å². The van der Waals surface area contributed by atoms with Gasteiger partial charge in [-0.25, -0.2) is 0 Å². The lowest BCUT2D eigenvalue weighted by Crippen LogP contribution is -2.36. The van der Waals surface area contributed by atoms with Crippen molar-refractivity contribution in [2.24, 2.45) is 0 Å². The number of benzene rings is 1. The third-order valence-electron chi connectivity index (χ3n) is 4.50. The number of carbonyl (C=O) groups excluding carboxylic acids is 1. The average molecular weight is 375 g/mol. The van der Waals surface area contributed by atoms with E-state index in [0.717, 1.165) is 29.9 Å². The van der Waals surface area contributed by atoms with Gasteiger partial charge in [0.1, 0.15) is 0 Å². The van der Waals surface area contributed by atoms with Crippen molar-refractivity contribution in [3.05, 3.63) is 69.1 Å². The van der Waals surface area contributed by atoms with Crippen LogP contribution in [0.3, 0.4) is 0 Å². The van der Waals surface area contributed by atoms with Gasteiger partial charge in [0.05, 0.1) is 33.5 Å². The number of halogens is 2. The second kappa shape index (κ2) is 6.58. The van der Waals surface area contributed by atoms with Crippen molar-refractivity contribution >= 4 is 34.7 Å². The first kappa shape index (κ1) is 16.2. The summed E-state index contributed by atoms with van der Waals surface area (Å²) >= 11 is 12.2. The molecule has 0 unspecified atom stereocenters. The van der Waals surface area contributed by atoms with Gasteiger partial charge in [-0.2, -0.15) is 5.10 Å². The number of carbonyl (C=O) groups is 1. The summed E-state index contributed by atoms with van der Waals surface area (Å²) in [5, 5.41) is 11.4. The lowest BCUT2D eigenvalue weighted by atomic mass is 9.98. The summed E-state index contributed by atoms with van der Waals surface area (Å²) in [5.41, 5.74) is 4.66. The monoisotopic (exact) mass is 374 g/mol. The van der Waals surface area contributed by atoms with E-state index < -0.39 is 0 Å². The van der Waals surface area contributed by atoms with Crippen molar-refractivity contribution in [1.29, 1.82) is 0 Å². The van der Waals surface area contributed by atoms with Gasteiger partial charge < -0.3 is 10.2 Å². The van der Waals surface area contributed by atoms with Crippen LogP contribution in [0.25, 0.3) is 5.57 Å². The number of allylic oxidation sites excluding steroid dienone is 2. The van der Waals surface area contributed by atoms with Crippen molar-refractivity contribution in [2.75, 3.05) is 13.1 Å². The number of fused-ring (bicyclic) bond motifs is 1. The number of nitrogens with zero attached hydrogens (tertiary/aromatic N) is 2. The minimum atomic E-state index is -0.115. The molecular weight excluding hydrogens is 359 g/mol. The van der Waals surface area contributed by atoms with Crippen LogP contribution < -0.4 is 5.32 Å². The molecule has 2 aliphatic heterocycles. The molecule has 1 aromatic heterocycles. The quantitative estimate of drug-likeness (QED) is 0.846. The van der Waals surface area contributed by atoms with Gasteiger partial charge in [-0.15, -0.1) is 0 Å². The molecular formula is C18H16Cl2N4O. The molecule has 0 spiro atoms. The summed E-state index contributed by atoms with van der Waals surface area (Å²) in [5.74, 6) is -0.115. The molecule has 0 atom stereocenters. The standard InChI is InChI=1S/C18H16Cl2N4O/c19-14-3-1-2-13(16(14)20)18(25)24-9-6-12-15(10-24)22-23-17(12)11-4-7-21-8-5-11/h1-5,7,21H,6,8-10H2,(H,22,23). The smallest absolute Gasteiger partial charge is 0.255 e. The van der Waals surface area contributed by atoms with Crippen LogP contribution in [0.1, 0.15) is 27.3 Å². The summed E-state index contributed by atoms with van der Waals surface area (Å²) in [6, 6.07) is 5.12. The second-order valence-electron chi connectivity index (χ2n) is 6.01. The second-order valence-corrected chi connectivity index (χ2v) is 6.79. The van der Waals surface area contributed by atoms with Crippen molar-refractivity contribution in [3.63, 3.8) is 0 Å². The Morgan fingerprint density at radius 2 is 2.16 bits per heavy atom. The number of nitrogens with one attached hydrogen (secondary N) is 2. The number of aromatic nitrogens is 2. The van der Waals surface area contributed by atoms with E-state index in [1.54, 1.807) is 23.1 Å². The predicted molar refractivity (Wildman–Crippen MR) is 98.6 cm³/mol. The van der Waals surface area contributed by atoms with Crippen molar-refractivity contribution in [1.82, 2.24) is 20.4 Å². The minimum Gasteiger partial charge on any atom is -0.387 e. The Hall–Kier alpha value is -2.24. The maximum atomic E-state index is 12.8. The molecule has 2 aromatic rings. The molecule has 1 amide bonds. The number of amides is 1. The molecule has 2 aliphatic rings. The number of aromatic amines is 1. The Labute approximate surface area is 155 Å². The van der Waals surface area contributed by atoms with E-state index >= 15 is 0 Å². The molecule has 3 heterocycles. The highest BCUT2D eigenvalue weighted by Crippen LogP contribution is 2.30. The van der Waals surface area contributed by atoms with E-state index in [0.29, 0.717) is 28.7 Å². The van der Waals surface area contributed by atoms with Crippen LogP contribution in [0.4, 0.5) is 0 Å². The van der Waals surface area contributed by atoms with E-state index in [9.17, 15) is 4.79 Å². The van der Waals surface area contributed by atoms with Crippen molar-refractivity contribution in [3.8, 4) is 0 Å². The van der Waals surface area contributed by atoms with Gasteiger partial charge >= 0.3 is 0 Å². The maximum Gasteiger partial charge on any atom is 0.255 e. The van der Waals surface area contributed by atoms with Crippen LogP contribution in [0.5, 0.6) is 0 Å². The van der Waals surface area contributed by atoms with Crippen LogP contribution in [-0.4, -0.2) is 34.1 Å². The zero-order valence-corrected chi connectivity index (χ0v) is 14.9. The molecule has 0 fully saturated rings. The molecule has 1 aromatic carbocycles. The zero-order chi connectivity index (χ0) is 17.4. The van der Waals surface area contributed by atoms with Crippen molar-refractivity contribution in [2.45, 2.75) is 13.0 Å². The molecule has 25 heavy (non-hydrogen) atoms. The highest BCUT2D eigenvalue weighted by molar-refractivity contribution is 6.43. The number of dihydropyridines is 1. The minimum absolute atomic E-state index is 0.115. The molecule has 0 saturated heterocycles. The summed E-state index contributed by atoms with van der Waals surface area (Å²) in [7, 11) is 0. The SMILES string of the molecule is O=C(c1cccc(Cl)c1Cl)N1CCc2c(C3=CCNC=C3)n[nH]c2C1. The fourth-order valence-corrected chi connectivity index (χ4v) is 3.58. The fourth-order valence-electron chi connectivity index (χ4n) is 3.20. The van der Waals surface area contributed by atoms with Crippen LogP contribution in [0.15, 0.2) is 36.6 Å². The molecule has 128 valence electrons. The van der Waals surface area contributed by atoms with Gasteiger partial charge in [0, 0.05) is 24.2 Å². The molecule has 5 nitrogen and oxygen atoms in total. The summed E-state index contributed by atoms with van der Waals surface area (Å²) in [6.07, 6.45) is 6.81. The lowest BCUT2D eigenvalue weighted by molar-refractivity contribution is 0.0732. The van der Waals surface area contributed by atoms with E-state index in [1.807, 2.05) is 12.3 Å². The van der Waals surface area contributed by atoms with E-state index in [-0.39, 0.29) is 5.91 Å². The first-order valence-corrected chi connectivity index (χ1v) is 8.80. The highest BCUT2D eigenvalue weighted by Gasteiger charge is 2.27. The first-order chi connectivity index (χ1) is 12.1. The predicted octanol–water partition coefficient (Wildman–Crippen LogP) is 3.42. The van der Waals surface area contributed by atoms with E-state index in [1.165, 1.54) is 5.56 Å². The van der Waals surface area contributed by atoms with Crippen molar-refractivity contribution < 1.29 is 4.79 Å². The van der Waals surface area contributed by atoms with Crippen LogP contribution >= 0.6 is 23.2 Å². The molecule has 0 bridgehead atoms. The lowest BCUT2D eigenvalue weighted by Gasteiger charge is -2.27. The Kier molecular flexibility index (Phi) is 4.27. The Morgan fingerprint density at radius 3 is 2.96 bits per heavy atom. The van der Waals surface area contributed by atoms with E-state index in [2.05, 4.69) is 21.6 Å². The topological polar surface area (TPSA) is 61.0 Å². The number of hydrogen-bond donors (Lipinski definition) is 2. The first-order valence-electron chi connectivity index (χ1n) is 8.05. The molecule has 0 radical (unpaired) electrons. The third kappa shape index (κ3) is 2.94. The summed E-state index contributed by atoms with van der Waals surface area (Å²) < 4.78 is 0.